The SMILES string of the molecule is Nc1cc(F)c(C(=O)N2CCN(C(=O)c3c(F)cc(N)cc3C(F)(F)F)CC2)c(C(F)(F)F)c1. The molecule has 0 atom stereocenters. The fourth-order valence-electron chi connectivity index (χ4n) is 3.57. The van der Waals surface area contributed by atoms with Gasteiger partial charge in [0.15, 0.2) is 0 Å². The van der Waals surface area contributed by atoms with Crippen LogP contribution in [0.15, 0.2) is 24.3 Å². The van der Waals surface area contributed by atoms with Crippen LogP contribution < -0.4 is 11.5 Å². The van der Waals surface area contributed by atoms with E-state index in [2.05, 4.69) is 0 Å². The first-order chi connectivity index (χ1) is 15.6. The fraction of sp³-hybridized carbons (Fsp3) is 0.300. The average Bonchev–Trinajstić information content (AvgIpc) is 2.70. The van der Waals surface area contributed by atoms with Crippen LogP contribution in [0, 0.1) is 11.6 Å². The second-order valence-electron chi connectivity index (χ2n) is 7.43. The summed E-state index contributed by atoms with van der Waals surface area (Å²) in [6, 6.07) is 1.90. The highest BCUT2D eigenvalue weighted by atomic mass is 19.4. The zero-order chi connectivity index (χ0) is 25.6. The Morgan fingerprint density at radius 1 is 0.647 bits per heavy atom. The van der Waals surface area contributed by atoms with Crippen molar-refractivity contribution in [3.8, 4) is 0 Å². The largest absolute Gasteiger partial charge is 0.417 e. The van der Waals surface area contributed by atoms with Crippen molar-refractivity contribution in [2.24, 2.45) is 0 Å². The number of alkyl halides is 6. The minimum atomic E-state index is -5.10. The number of hydrogen-bond donors (Lipinski definition) is 2. The smallest absolute Gasteiger partial charge is 0.399 e. The van der Waals surface area contributed by atoms with Gasteiger partial charge in [-0.25, -0.2) is 8.78 Å². The van der Waals surface area contributed by atoms with Gasteiger partial charge in [-0.05, 0) is 24.3 Å². The molecule has 1 aliphatic rings. The van der Waals surface area contributed by atoms with E-state index in [1.807, 2.05) is 0 Å². The first-order valence-electron chi connectivity index (χ1n) is 9.52. The van der Waals surface area contributed by atoms with Crippen molar-refractivity contribution < 1.29 is 44.7 Å². The maximum Gasteiger partial charge on any atom is 0.417 e. The molecular formula is C20H16F8N4O2. The van der Waals surface area contributed by atoms with Gasteiger partial charge >= 0.3 is 12.4 Å². The summed E-state index contributed by atoms with van der Waals surface area (Å²) in [5.41, 5.74) is 3.66. The molecule has 0 aromatic heterocycles. The van der Waals surface area contributed by atoms with Gasteiger partial charge in [0.1, 0.15) is 11.6 Å². The quantitative estimate of drug-likeness (QED) is 0.489. The predicted molar refractivity (Wildman–Crippen MR) is 103 cm³/mol. The summed E-state index contributed by atoms with van der Waals surface area (Å²) < 4.78 is 108. The number of anilines is 2. The molecule has 4 N–H and O–H groups in total. The zero-order valence-electron chi connectivity index (χ0n) is 17.0. The van der Waals surface area contributed by atoms with Crippen LogP contribution in [0.5, 0.6) is 0 Å². The lowest BCUT2D eigenvalue weighted by molar-refractivity contribution is -0.139. The molecule has 1 fully saturated rings. The van der Waals surface area contributed by atoms with Gasteiger partial charge in [-0.15, -0.1) is 0 Å². The molecule has 2 aromatic rings. The van der Waals surface area contributed by atoms with Crippen LogP contribution in [0.3, 0.4) is 0 Å². The lowest BCUT2D eigenvalue weighted by atomic mass is 10.0. The third-order valence-electron chi connectivity index (χ3n) is 5.12. The monoisotopic (exact) mass is 496 g/mol. The van der Waals surface area contributed by atoms with Crippen LogP contribution in [0.2, 0.25) is 0 Å². The fourth-order valence-corrected chi connectivity index (χ4v) is 3.57. The maximum atomic E-state index is 14.3. The van der Waals surface area contributed by atoms with E-state index in [0.29, 0.717) is 24.3 Å². The third kappa shape index (κ3) is 4.84. The van der Waals surface area contributed by atoms with E-state index in [9.17, 15) is 44.7 Å². The second-order valence-corrected chi connectivity index (χ2v) is 7.43. The molecule has 14 heteroatoms. The van der Waals surface area contributed by atoms with Crippen LogP contribution >= 0.6 is 0 Å². The molecular weight excluding hydrogens is 480 g/mol. The number of nitrogen functional groups attached to an aromatic ring is 2. The van der Waals surface area contributed by atoms with Crippen LogP contribution in [-0.2, 0) is 12.4 Å². The molecule has 0 radical (unpaired) electrons. The number of carbonyl (C=O) groups is 2. The van der Waals surface area contributed by atoms with Gasteiger partial charge in [0.25, 0.3) is 11.8 Å². The highest BCUT2D eigenvalue weighted by Gasteiger charge is 2.41. The van der Waals surface area contributed by atoms with E-state index < -0.39 is 95.6 Å². The van der Waals surface area contributed by atoms with Crippen molar-refractivity contribution >= 4 is 23.2 Å². The number of nitrogens with two attached hydrogens (primary N) is 2. The molecule has 184 valence electrons. The molecule has 2 aromatic carbocycles. The number of halogens is 8. The molecule has 0 bridgehead atoms. The summed E-state index contributed by atoms with van der Waals surface area (Å²) in [5.74, 6) is -5.69. The van der Waals surface area contributed by atoms with Gasteiger partial charge in [-0.1, -0.05) is 0 Å². The summed E-state index contributed by atoms with van der Waals surface area (Å²) in [6.07, 6.45) is -10.2. The Labute approximate surface area is 186 Å². The first-order valence-corrected chi connectivity index (χ1v) is 9.52. The molecule has 6 nitrogen and oxygen atoms in total. The first kappa shape index (κ1) is 25.1. The van der Waals surface area contributed by atoms with Crippen molar-refractivity contribution in [2.45, 2.75) is 12.4 Å². The Balaban J connectivity index is 1.84. The minimum Gasteiger partial charge on any atom is -0.399 e. The van der Waals surface area contributed by atoms with E-state index in [1.54, 1.807) is 0 Å². The average molecular weight is 496 g/mol. The van der Waals surface area contributed by atoms with Gasteiger partial charge < -0.3 is 21.3 Å². The molecule has 3 rings (SSSR count). The molecule has 0 unspecified atom stereocenters. The number of hydrogen-bond acceptors (Lipinski definition) is 4. The molecule has 1 saturated heterocycles. The number of benzene rings is 2. The van der Waals surface area contributed by atoms with Crippen LogP contribution in [0.1, 0.15) is 31.8 Å². The Kier molecular flexibility index (Phi) is 6.37. The Bertz CT molecular complexity index is 1050. The van der Waals surface area contributed by atoms with Crippen LogP contribution in [-0.4, -0.2) is 47.8 Å². The number of carbonyl (C=O) groups excluding carboxylic acids is 2. The third-order valence-corrected chi connectivity index (χ3v) is 5.12. The van der Waals surface area contributed by atoms with Crippen molar-refractivity contribution in [3.05, 3.63) is 58.2 Å². The molecule has 0 saturated carbocycles. The van der Waals surface area contributed by atoms with Gasteiger partial charge in [-0.2, -0.15) is 26.3 Å². The lowest BCUT2D eigenvalue weighted by Gasteiger charge is -2.35. The molecule has 34 heavy (non-hydrogen) atoms. The molecule has 0 spiro atoms. The number of piperazine rings is 1. The standard InChI is InChI=1S/C20H16F8N4O2/c21-13-7-9(29)5-11(19(23,24)25)15(13)17(33)31-1-2-32(4-3-31)18(34)16-12(20(26,27)28)6-10(30)8-14(16)22/h5-8H,1-4,29-30H2. The van der Waals surface area contributed by atoms with Gasteiger partial charge in [0, 0.05) is 37.6 Å². The summed E-state index contributed by atoms with van der Waals surface area (Å²) in [5, 5.41) is 0. The summed E-state index contributed by atoms with van der Waals surface area (Å²) in [4.78, 5) is 26.9. The van der Waals surface area contributed by atoms with Crippen molar-refractivity contribution in [1.82, 2.24) is 9.80 Å². The van der Waals surface area contributed by atoms with Crippen molar-refractivity contribution in [2.75, 3.05) is 37.6 Å². The van der Waals surface area contributed by atoms with Crippen LogP contribution in [0.25, 0.3) is 0 Å². The normalized spacial score (nSPS) is 14.9. The second kappa shape index (κ2) is 8.65. The Morgan fingerprint density at radius 2 is 0.941 bits per heavy atom. The van der Waals surface area contributed by atoms with Gasteiger partial charge in [0.2, 0.25) is 0 Å². The highest BCUT2D eigenvalue weighted by molar-refractivity contribution is 5.98. The minimum absolute atomic E-state index is 0.401. The molecule has 1 heterocycles. The molecule has 2 amide bonds. The summed E-state index contributed by atoms with van der Waals surface area (Å²) in [6.45, 7) is -1.76. The van der Waals surface area contributed by atoms with Crippen molar-refractivity contribution in [1.29, 1.82) is 0 Å². The molecule has 0 aliphatic carbocycles. The Morgan fingerprint density at radius 3 is 1.21 bits per heavy atom. The van der Waals surface area contributed by atoms with Crippen LogP contribution in [0.4, 0.5) is 46.5 Å². The van der Waals surface area contributed by atoms with E-state index in [0.717, 1.165) is 9.80 Å². The number of amides is 2. The summed E-state index contributed by atoms with van der Waals surface area (Å²) >= 11 is 0. The number of nitrogens with zero attached hydrogens (tertiary/aromatic N) is 2. The summed E-state index contributed by atoms with van der Waals surface area (Å²) in [7, 11) is 0. The van der Waals surface area contributed by atoms with E-state index in [1.165, 1.54) is 0 Å². The van der Waals surface area contributed by atoms with E-state index in [4.69, 9.17) is 11.5 Å². The predicted octanol–water partition coefficient (Wildman–Crippen LogP) is 3.77. The zero-order valence-corrected chi connectivity index (χ0v) is 17.0. The van der Waals surface area contributed by atoms with E-state index >= 15 is 0 Å². The highest BCUT2D eigenvalue weighted by Crippen LogP contribution is 2.37. The maximum absolute atomic E-state index is 14.3. The Hall–Kier alpha value is -3.58. The topological polar surface area (TPSA) is 92.7 Å². The number of rotatable bonds is 2. The molecule has 1 aliphatic heterocycles. The van der Waals surface area contributed by atoms with E-state index in [-0.39, 0.29) is 0 Å². The van der Waals surface area contributed by atoms with Gasteiger partial charge in [0.05, 0.1) is 22.3 Å². The van der Waals surface area contributed by atoms with Crippen molar-refractivity contribution in [3.63, 3.8) is 0 Å². The lowest BCUT2D eigenvalue weighted by Crippen LogP contribution is -2.51. The van der Waals surface area contributed by atoms with Gasteiger partial charge in [-0.3, -0.25) is 9.59 Å².